The van der Waals surface area contributed by atoms with Crippen molar-refractivity contribution in [1.82, 2.24) is 0 Å². The van der Waals surface area contributed by atoms with E-state index in [0.29, 0.717) is 42.4 Å². The lowest BCUT2D eigenvalue weighted by molar-refractivity contribution is 0.103. The van der Waals surface area contributed by atoms with Crippen LogP contribution in [0.3, 0.4) is 0 Å². The molecule has 2 aromatic carbocycles. The number of hydrogen-bond acceptors (Lipinski definition) is 5. The Hall–Kier alpha value is -2.24. The van der Waals surface area contributed by atoms with Crippen LogP contribution < -0.4 is 14.8 Å². The first-order valence-electron chi connectivity index (χ1n) is 7.69. The summed E-state index contributed by atoms with van der Waals surface area (Å²) in [6, 6.07) is 12.3. The first-order valence-corrected chi connectivity index (χ1v) is 8.23. The average molecular weight is 348 g/mol. The Morgan fingerprint density at radius 3 is 2.67 bits per heavy atom. The number of ketones is 1. The number of halogens is 1. The Morgan fingerprint density at radius 1 is 1.12 bits per heavy atom. The topological polar surface area (TPSA) is 67.8 Å². The van der Waals surface area contributed by atoms with Crippen molar-refractivity contribution in [1.29, 1.82) is 0 Å². The second kappa shape index (κ2) is 7.55. The lowest BCUT2D eigenvalue weighted by Crippen LogP contribution is -2.20. The number of anilines is 1. The minimum Gasteiger partial charge on any atom is -0.486 e. The number of aliphatic hydroxyl groups excluding tert-OH is 1. The number of carbonyl (C=O) groups excluding carboxylic acids is 1. The molecule has 1 aliphatic rings. The van der Waals surface area contributed by atoms with Crippen molar-refractivity contribution in [2.45, 2.75) is 6.10 Å². The Bertz CT molecular complexity index is 735. The fourth-order valence-electron chi connectivity index (χ4n) is 2.41. The predicted octanol–water partition coefficient (Wildman–Crippen LogP) is 2.70. The quantitative estimate of drug-likeness (QED) is 0.621. The third-order valence-electron chi connectivity index (χ3n) is 3.65. The van der Waals surface area contributed by atoms with Crippen LogP contribution in [0.4, 0.5) is 5.69 Å². The number of nitrogens with one attached hydrogen (secondary N) is 1. The van der Waals surface area contributed by atoms with Crippen molar-refractivity contribution in [2.75, 3.05) is 31.0 Å². The Labute approximate surface area is 145 Å². The number of fused-ring (bicyclic) bond motifs is 1. The van der Waals surface area contributed by atoms with Gasteiger partial charge in [0.2, 0.25) is 0 Å². The maximum absolute atomic E-state index is 12.7. The maximum Gasteiger partial charge on any atom is 0.193 e. The number of rotatable bonds is 6. The minimum absolute atomic E-state index is 0.103. The smallest absolute Gasteiger partial charge is 0.193 e. The lowest BCUT2D eigenvalue weighted by Gasteiger charge is -2.18. The Balaban J connectivity index is 1.77. The van der Waals surface area contributed by atoms with Gasteiger partial charge in [0.25, 0.3) is 0 Å². The fraction of sp³-hybridized carbons (Fsp3) is 0.278. The standard InChI is InChI=1S/C18H18ClNO4/c19-10-15(21)11-20-14-3-1-2-12(8-14)18(22)13-4-5-16-17(9-13)24-7-6-23-16/h1-5,8-9,15,20-21H,6-7,10-11H2. The molecule has 0 spiro atoms. The normalized spacial score (nSPS) is 14.1. The van der Waals surface area contributed by atoms with Gasteiger partial charge in [-0.15, -0.1) is 11.6 Å². The zero-order valence-corrected chi connectivity index (χ0v) is 13.8. The van der Waals surface area contributed by atoms with Crippen LogP contribution >= 0.6 is 11.6 Å². The molecule has 1 unspecified atom stereocenters. The highest BCUT2D eigenvalue weighted by Crippen LogP contribution is 2.31. The molecule has 0 bridgehead atoms. The van der Waals surface area contributed by atoms with Crippen molar-refractivity contribution >= 4 is 23.1 Å². The van der Waals surface area contributed by atoms with E-state index in [9.17, 15) is 9.90 Å². The van der Waals surface area contributed by atoms with Gasteiger partial charge >= 0.3 is 0 Å². The molecule has 0 saturated carbocycles. The number of benzene rings is 2. The van der Waals surface area contributed by atoms with Gasteiger partial charge < -0.3 is 19.9 Å². The molecule has 1 atom stereocenters. The van der Waals surface area contributed by atoms with Crippen molar-refractivity contribution in [3.8, 4) is 11.5 Å². The van der Waals surface area contributed by atoms with E-state index < -0.39 is 6.10 Å². The SMILES string of the molecule is O=C(c1cccc(NCC(O)CCl)c1)c1ccc2c(c1)OCCO2. The molecule has 0 fully saturated rings. The lowest BCUT2D eigenvalue weighted by atomic mass is 10.0. The third kappa shape index (κ3) is 3.80. The Kier molecular flexibility index (Phi) is 5.23. The van der Waals surface area contributed by atoms with Crippen LogP contribution in [0.25, 0.3) is 0 Å². The summed E-state index contributed by atoms with van der Waals surface area (Å²) in [6.45, 7) is 1.32. The summed E-state index contributed by atoms with van der Waals surface area (Å²) in [6.07, 6.45) is -0.635. The third-order valence-corrected chi connectivity index (χ3v) is 4.01. The molecule has 1 aliphatic heterocycles. The van der Waals surface area contributed by atoms with E-state index in [4.69, 9.17) is 21.1 Å². The van der Waals surface area contributed by atoms with Crippen LogP contribution in [0.1, 0.15) is 15.9 Å². The molecule has 2 N–H and O–H groups in total. The van der Waals surface area contributed by atoms with Crippen LogP contribution in [0.2, 0.25) is 0 Å². The van der Waals surface area contributed by atoms with Gasteiger partial charge in [0.1, 0.15) is 13.2 Å². The molecule has 0 amide bonds. The summed E-state index contributed by atoms with van der Waals surface area (Å²) < 4.78 is 11.0. The van der Waals surface area contributed by atoms with Crippen LogP contribution in [0.15, 0.2) is 42.5 Å². The summed E-state index contributed by atoms with van der Waals surface area (Å²) in [7, 11) is 0. The molecule has 0 radical (unpaired) electrons. The summed E-state index contributed by atoms with van der Waals surface area (Å²) >= 11 is 5.57. The number of aliphatic hydroxyl groups is 1. The van der Waals surface area contributed by atoms with E-state index in [2.05, 4.69) is 5.32 Å². The van der Waals surface area contributed by atoms with E-state index in [1.54, 1.807) is 36.4 Å². The number of ether oxygens (including phenoxy) is 2. The first kappa shape index (κ1) is 16.6. The summed E-state index contributed by atoms with van der Waals surface area (Å²) in [5.41, 5.74) is 1.84. The first-order chi connectivity index (χ1) is 11.7. The molecule has 5 nitrogen and oxygen atoms in total. The van der Waals surface area contributed by atoms with Crippen LogP contribution in [-0.4, -0.2) is 42.6 Å². The predicted molar refractivity (Wildman–Crippen MR) is 92.5 cm³/mol. The van der Waals surface area contributed by atoms with Gasteiger partial charge in [-0.05, 0) is 30.3 Å². The van der Waals surface area contributed by atoms with Gasteiger partial charge in [-0.25, -0.2) is 0 Å². The largest absolute Gasteiger partial charge is 0.486 e. The Morgan fingerprint density at radius 2 is 1.88 bits per heavy atom. The highest BCUT2D eigenvalue weighted by Gasteiger charge is 2.16. The van der Waals surface area contributed by atoms with Gasteiger partial charge in [-0.1, -0.05) is 12.1 Å². The number of carbonyl (C=O) groups is 1. The molecule has 0 aliphatic carbocycles. The molecule has 3 rings (SSSR count). The van der Waals surface area contributed by atoms with Crippen molar-refractivity contribution in [3.63, 3.8) is 0 Å². The van der Waals surface area contributed by atoms with E-state index in [1.165, 1.54) is 0 Å². The van der Waals surface area contributed by atoms with Crippen LogP contribution in [-0.2, 0) is 0 Å². The molecular weight excluding hydrogens is 330 g/mol. The van der Waals surface area contributed by atoms with E-state index in [1.807, 2.05) is 6.07 Å². The summed E-state index contributed by atoms with van der Waals surface area (Å²) in [4.78, 5) is 12.7. The van der Waals surface area contributed by atoms with Crippen molar-refractivity contribution in [2.24, 2.45) is 0 Å². The zero-order chi connectivity index (χ0) is 16.9. The summed E-state index contributed by atoms with van der Waals surface area (Å²) in [5, 5.41) is 12.6. The molecule has 6 heteroatoms. The van der Waals surface area contributed by atoms with Gasteiger partial charge in [0.05, 0.1) is 12.0 Å². The van der Waals surface area contributed by atoms with Crippen molar-refractivity contribution < 1.29 is 19.4 Å². The van der Waals surface area contributed by atoms with E-state index in [0.717, 1.165) is 5.69 Å². The van der Waals surface area contributed by atoms with Gasteiger partial charge in [0, 0.05) is 23.4 Å². The average Bonchev–Trinajstić information content (AvgIpc) is 2.65. The highest BCUT2D eigenvalue weighted by atomic mass is 35.5. The molecular formula is C18H18ClNO4. The van der Waals surface area contributed by atoms with Gasteiger partial charge in [0.15, 0.2) is 17.3 Å². The summed E-state index contributed by atoms with van der Waals surface area (Å²) in [5.74, 6) is 1.30. The van der Waals surface area contributed by atoms with Gasteiger partial charge in [-0.2, -0.15) is 0 Å². The highest BCUT2D eigenvalue weighted by molar-refractivity contribution is 6.18. The number of alkyl halides is 1. The minimum atomic E-state index is -0.635. The molecule has 24 heavy (non-hydrogen) atoms. The molecule has 2 aromatic rings. The number of hydrogen-bond donors (Lipinski definition) is 2. The molecule has 126 valence electrons. The van der Waals surface area contributed by atoms with Crippen LogP contribution in [0.5, 0.6) is 11.5 Å². The second-order valence-electron chi connectivity index (χ2n) is 5.46. The maximum atomic E-state index is 12.7. The molecule has 0 saturated heterocycles. The van der Waals surface area contributed by atoms with E-state index in [-0.39, 0.29) is 11.7 Å². The monoisotopic (exact) mass is 347 g/mol. The van der Waals surface area contributed by atoms with Crippen LogP contribution in [0, 0.1) is 0 Å². The zero-order valence-electron chi connectivity index (χ0n) is 13.0. The molecule has 1 heterocycles. The van der Waals surface area contributed by atoms with E-state index >= 15 is 0 Å². The van der Waals surface area contributed by atoms with Gasteiger partial charge in [-0.3, -0.25) is 4.79 Å². The fourth-order valence-corrected chi connectivity index (χ4v) is 2.52. The second-order valence-corrected chi connectivity index (χ2v) is 5.77. The molecule has 0 aromatic heterocycles. The van der Waals surface area contributed by atoms with Crippen molar-refractivity contribution in [3.05, 3.63) is 53.6 Å².